The average molecular weight is 504 g/mol. The number of hydrogen-bond donors (Lipinski definition) is 0. The molecule has 0 saturated carbocycles. The van der Waals surface area contributed by atoms with Gasteiger partial charge in [-0.15, -0.1) is 0 Å². The number of fused-ring (bicyclic) bond motifs is 1. The minimum absolute atomic E-state index is 0.0612. The van der Waals surface area contributed by atoms with Crippen molar-refractivity contribution in [1.29, 1.82) is 0 Å². The lowest BCUT2D eigenvalue weighted by molar-refractivity contribution is -0.137. The van der Waals surface area contributed by atoms with Crippen molar-refractivity contribution in [2.24, 2.45) is 0 Å². The van der Waals surface area contributed by atoms with Crippen LogP contribution in [-0.2, 0) is 15.8 Å². The molecule has 37 heavy (non-hydrogen) atoms. The summed E-state index contributed by atoms with van der Waals surface area (Å²) in [5.74, 6) is -2.26. The van der Waals surface area contributed by atoms with Crippen LogP contribution in [0.5, 0.6) is 0 Å². The molecule has 1 aliphatic heterocycles. The number of likely N-dealkylation sites (N-methyl/N-ethyl adjacent to an activating group) is 1. The van der Waals surface area contributed by atoms with Gasteiger partial charge in [-0.25, -0.2) is 0 Å². The number of rotatable bonds is 4. The van der Waals surface area contributed by atoms with Gasteiger partial charge in [0.2, 0.25) is 11.8 Å². The molecule has 0 radical (unpaired) electrons. The van der Waals surface area contributed by atoms with Gasteiger partial charge in [0.15, 0.2) is 0 Å². The number of pyridine rings is 1. The van der Waals surface area contributed by atoms with Crippen molar-refractivity contribution in [1.82, 2.24) is 4.98 Å². The van der Waals surface area contributed by atoms with E-state index in [9.17, 15) is 22.8 Å². The first-order chi connectivity index (χ1) is 17.8. The van der Waals surface area contributed by atoms with E-state index in [1.54, 1.807) is 43.6 Å². The number of amides is 2. The zero-order valence-corrected chi connectivity index (χ0v) is 20.1. The molecule has 2 aliphatic rings. The second kappa shape index (κ2) is 9.69. The number of nitrogens with zero attached hydrogens (tertiary/aromatic N) is 3. The first-order valence-corrected chi connectivity index (χ1v) is 12.0. The third kappa shape index (κ3) is 4.55. The molecule has 0 saturated heterocycles. The zero-order chi connectivity index (χ0) is 26.2. The third-order valence-electron chi connectivity index (χ3n) is 6.65. The second-order valence-electron chi connectivity index (χ2n) is 8.88. The molecule has 0 spiro atoms. The van der Waals surface area contributed by atoms with Gasteiger partial charge in [0.1, 0.15) is 5.92 Å². The molecular formula is C29H24F3N3O2. The average Bonchev–Trinajstić information content (AvgIpc) is 3.00. The lowest BCUT2D eigenvalue weighted by atomic mass is 9.93. The molecule has 2 aromatic carbocycles. The Bertz CT molecular complexity index is 1400. The maximum atomic E-state index is 14.1. The molecule has 2 amide bonds. The Morgan fingerprint density at radius 3 is 2.38 bits per heavy atom. The summed E-state index contributed by atoms with van der Waals surface area (Å²) in [5, 5.41) is 0. The van der Waals surface area contributed by atoms with Gasteiger partial charge in [-0.3, -0.25) is 19.5 Å². The first-order valence-electron chi connectivity index (χ1n) is 12.0. The highest BCUT2D eigenvalue weighted by molar-refractivity contribution is 6.22. The summed E-state index contributed by atoms with van der Waals surface area (Å²) >= 11 is 0. The van der Waals surface area contributed by atoms with E-state index < -0.39 is 29.5 Å². The van der Waals surface area contributed by atoms with Crippen molar-refractivity contribution in [3.8, 4) is 11.1 Å². The fraction of sp³-hybridized carbons (Fsp3) is 0.207. The fourth-order valence-corrected chi connectivity index (χ4v) is 4.82. The number of carbonyl (C=O) groups is 2. The molecule has 1 aliphatic carbocycles. The second-order valence-corrected chi connectivity index (χ2v) is 8.88. The summed E-state index contributed by atoms with van der Waals surface area (Å²) in [6.07, 6.45) is 5.32. The predicted octanol–water partition coefficient (Wildman–Crippen LogP) is 6.48. The smallest absolute Gasteiger partial charge is 0.310 e. The molecule has 0 fully saturated rings. The molecule has 0 N–H and O–H groups in total. The van der Waals surface area contributed by atoms with Gasteiger partial charge in [-0.1, -0.05) is 42.5 Å². The molecule has 8 heteroatoms. The highest BCUT2D eigenvalue weighted by atomic mass is 19.4. The Kier molecular flexibility index (Phi) is 6.41. The van der Waals surface area contributed by atoms with E-state index in [1.807, 2.05) is 30.3 Å². The van der Waals surface area contributed by atoms with Crippen LogP contribution in [0.25, 0.3) is 11.1 Å². The van der Waals surface area contributed by atoms with Crippen molar-refractivity contribution < 1.29 is 22.8 Å². The summed E-state index contributed by atoms with van der Waals surface area (Å²) in [6.45, 7) is 1.94. The molecule has 1 atom stereocenters. The SMILES string of the molecule is CCN1C(=O)C(c2ccc(-c3cccnc3)cc2)C(=O)N(C2=CC=CCC2)c2cc(C(F)(F)F)ccc21. The molecule has 5 nitrogen and oxygen atoms in total. The maximum Gasteiger partial charge on any atom is 0.416 e. The van der Waals surface area contributed by atoms with Gasteiger partial charge in [0.05, 0.1) is 16.9 Å². The number of anilines is 2. The Hall–Kier alpha value is -4.20. The number of halogens is 3. The highest BCUT2D eigenvalue weighted by Crippen LogP contribution is 2.44. The largest absolute Gasteiger partial charge is 0.416 e. The van der Waals surface area contributed by atoms with E-state index >= 15 is 0 Å². The van der Waals surface area contributed by atoms with Gasteiger partial charge >= 0.3 is 6.18 Å². The van der Waals surface area contributed by atoms with Crippen molar-refractivity contribution in [2.75, 3.05) is 16.3 Å². The van der Waals surface area contributed by atoms with Crippen molar-refractivity contribution in [3.63, 3.8) is 0 Å². The maximum absolute atomic E-state index is 14.1. The zero-order valence-electron chi connectivity index (χ0n) is 20.1. The van der Waals surface area contributed by atoms with Crippen molar-refractivity contribution in [2.45, 2.75) is 31.9 Å². The molecule has 2 heterocycles. The van der Waals surface area contributed by atoms with E-state index in [0.29, 0.717) is 24.1 Å². The van der Waals surface area contributed by atoms with E-state index in [0.717, 1.165) is 23.3 Å². The molecular weight excluding hydrogens is 479 g/mol. The standard InChI is InChI=1S/C29H24F3N3O2/c1-2-34-24-15-14-22(29(30,31)32)17-25(24)35(23-8-4-3-5-9-23)28(37)26(27(34)36)20-12-10-19(11-13-20)21-7-6-16-33-18-21/h3-4,6-8,10-18,26H,2,5,9H2,1H3. The number of allylic oxidation sites excluding steroid dienone is 4. The molecule has 3 aromatic rings. The van der Waals surface area contributed by atoms with Crippen molar-refractivity contribution >= 4 is 23.2 Å². The topological polar surface area (TPSA) is 53.5 Å². The Morgan fingerprint density at radius 1 is 0.973 bits per heavy atom. The normalized spacial score (nSPS) is 17.9. The summed E-state index contributed by atoms with van der Waals surface area (Å²) in [6, 6.07) is 14.0. The van der Waals surface area contributed by atoms with E-state index in [1.165, 1.54) is 15.9 Å². The molecule has 1 aromatic heterocycles. The lowest BCUT2D eigenvalue weighted by Gasteiger charge is -2.29. The minimum atomic E-state index is -4.60. The number of carbonyl (C=O) groups excluding carboxylic acids is 2. The minimum Gasteiger partial charge on any atom is -0.310 e. The number of hydrogen-bond acceptors (Lipinski definition) is 3. The predicted molar refractivity (Wildman–Crippen MR) is 136 cm³/mol. The Balaban J connectivity index is 1.66. The number of benzene rings is 2. The summed E-state index contributed by atoms with van der Waals surface area (Å²) in [5.41, 5.74) is 2.24. The monoisotopic (exact) mass is 503 g/mol. The first kappa shape index (κ1) is 24.5. The van der Waals surface area contributed by atoms with E-state index in [2.05, 4.69) is 4.98 Å². The van der Waals surface area contributed by atoms with Gasteiger partial charge in [0.25, 0.3) is 0 Å². The van der Waals surface area contributed by atoms with Crippen LogP contribution in [-0.4, -0.2) is 23.3 Å². The molecule has 0 bridgehead atoms. The molecule has 188 valence electrons. The van der Waals surface area contributed by atoms with Crippen LogP contribution >= 0.6 is 0 Å². The lowest BCUT2D eigenvalue weighted by Crippen LogP contribution is -2.40. The highest BCUT2D eigenvalue weighted by Gasteiger charge is 2.43. The molecule has 5 rings (SSSR count). The van der Waals surface area contributed by atoms with Crippen LogP contribution in [0.4, 0.5) is 24.5 Å². The van der Waals surface area contributed by atoms with E-state index in [-0.39, 0.29) is 17.9 Å². The van der Waals surface area contributed by atoms with E-state index in [4.69, 9.17) is 0 Å². The van der Waals surface area contributed by atoms with Crippen LogP contribution in [0.15, 0.2) is 90.9 Å². The van der Waals surface area contributed by atoms with Crippen LogP contribution in [0, 0.1) is 0 Å². The fourth-order valence-electron chi connectivity index (χ4n) is 4.82. The number of alkyl halides is 3. The number of aromatic nitrogens is 1. The quantitative estimate of drug-likeness (QED) is 0.383. The van der Waals surface area contributed by atoms with Crippen LogP contribution < -0.4 is 9.80 Å². The van der Waals surface area contributed by atoms with Gasteiger partial charge in [-0.2, -0.15) is 13.2 Å². The van der Waals surface area contributed by atoms with Gasteiger partial charge in [-0.05, 0) is 66.8 Å². The Labute approximate surface area is 212 Å². The summed E-state index contributed by atoms with van der Waals surface area (Å²) in [7, 11) is 0. The summed E-state index contributed by atoms with van der Waals surface area (Å²) in [4.78, 5) is 34.8. The van der Waals surface area contributed by atoms with Crippen molar-refractivity contribution in [3.05, 3.63) is 102 Å². The molecule has 1 unspecified atom stereocenters. The van der Waals surface area contributed by atoms with Gasteiger partial charge in [0, 0.05) is 24.6 Å². The Morgan fingerprint density at radius 2 is 1.76 bits per heavy atom. The van der Waals surface area contributed by atoms with Crippen LogP contribution in [0.2, 0.25) is 0 Å². The van der Waals surface area contributed by atoms with Crippen LogP contribution in [0.1, 0.15) is 36.8 Å². The van der Waals surface area contributed by atoms with Gasteiger partial charge < -0.3 is 4.90 Å². The third-order valence-corrected chi connectivity index (χ3v) is 6.65. The summed E-state index contributed by atoms with van der Waals surface area (Å²) < 4.78 is 41.1. The van der Waals surface area contributed by atoms with Crippen LogP contribution in [0.3, 0.4) is 0 Å².